The third-order valence-electron chi connectivity index (χ3n) is 2.33. The summed E-state index contributed by atoms with van der Waals surface area (Å²) in [7, 11) is 1.72. The van der Waals surface area contributed by atoms with Gasteiger partial charge in [-0.05, 0) is 12.1 Å². The van der Waals surface area contributed by atoms with Crippen LogP contribution >= 0.6 is 0 Å². The molecule has 0 unspecified atom stereocenters. The maximum absolute atomic E-state index is 11.9. The molecule has 0 bridgehead atoms. The maximum Gasteiger partial charge on any atom is 0.255 e. The third-order valence-corrected chi connectivity index (χ3v) is 2.33. The molecule has 94 valence electrons. The summed E-state index contributed by atoms with van der Waals surface area (Å²) in [6.07, 6.45) is 3.41. The van der Waals surface area contributed by atoms with Gasteiger partial charge in [0.1, 0.15) is 5.82 Å². The first kappa shape index (κ1) is 12.0. The van der Waals surface area contributed by atoms with Crippen molar-refractivity contribution < 1.29 is 9.32 Å². The van der Waals surface area contributed by atoms with E-state index in [0.717, 1.165) is 0 Å². The molecule has 0 aliphatic carbocycles. The molecule has 2 N–H and O–H groups in total. The zero-order valence-electron chi connectivity index (χ0n) is 9.88. The van der Waals surface area contributed by atoms with Crippen LogP contribution in [0.3, 0.4) is 0 Å². The lowest BCUT2D eigenvalue weighted by Crippen LogP contribution is -2.26. The van der Waals surface area contributed by atoms with Gasteiger partial charge in [0.25, 0.3) is 5.91 Å². The highest BCUT2D eigenvalue weighted by molar-refractivity contribution is 5.98. The van der Waals surface area contributed by atoms with E-state index in [4.69, 9.17) is 0 Å². The number of anilines is 1. The number of nitrogens with zero attached hydrogens (tertiary/aromatic N) is 3. The van der Waals surface area contributed by atoms with E-state index >= 15 is 0 Å². The number of carbonyl (C=O) groups is 1. The molecule has 0 radical (unpaired) electrons. The fraction of sp³-hybridized carbons (Fsp3) is 0.273. The van der Waals surface area contributed by atoms with Crippen molar-refractivity contribution >= 4 is 11.7 Å². The number of rotatable bonds is 5. The molecule has 1 amide bonds. The van der Waals surface area contributed by atoms with E-state index in [9.17, 15) is 4.79 Å². The smallest absolute Gasteiger partial charge is 0.255 e. The van der Waals surface area contributed by atoms with E-state index in [1.165, 1.54) is 6.39 Å². The molecule has 0 aliphatic heterocycles. The summed E-state index contributed by atoms with van der Waals surface area (Å²) >= 11 is 0. The minimum Gasteiger partial charge on any atom is -0.372 e. The molecule has 18 heavy (non-hydrogen) atoms. The molecule has 0 spiro atoms. The summed E-state index contributed by atoms with van der Waals surface area (Å²) in [6, 6.07) is 3.43. The van der Waals surface area contributed by atoms with E-state index in [1.54, 1.807) is 25.4 Å². The number of hydrogen-bond acceptors (Lipinski definition) is 6. The van der Waals surface area contributed by atoms with E-state index < -0.39 is 0 Å². The predicted octanol–water partition coefficient (Wildman–Crippen LogP) is 0.479. The van der Waals surface area contributed by atoms with E-state index in [0.29, 0.717) is 30.2 Å². The van der Waals surface area contributed by atoms with Crippen molar-refractivity contribution in [2.45, 2.75) is 6.42 Å². The van der Waals surface area contributed by atoms with Gasteiger partial charge in [0.05, 0.1) is 5.56 Å². The van der Waals surface area contributed by atoms with Crippen molar-refractivity contribution in [3.63, 3.8) is 0 Å². The topological polar surface area (TPSA) is 92.9 Å². The van der Waals surface area contributed by atoms with Crippen LogP contribution in [0, 0.1) is 0 Å². The molecule has 2 heterocycles. The van der Waals surface area contributed by atoms with Gasteiger partial charge in [-0.15, -0.1) is 0 Å². The second-order valence-electron chi connectivity index (χ2n) is 3.50. The van der Waals surface area contributed by atoms with Crippen molar-refractivity contribution in [2.24, 2.45) is 0 Å². The monoisotopic (exact) mass is 247 g/mol. The fourth-order valence-electron chi connectivity index (χ4n) is 1.47. The van der Waals surface area contributed by atoms with Crippen LogP contribution in [0.5, 0.6) is 0 Å². The molecule has 0 aliphatic rings. The molecule has 2 rings (SSSR count). The fourth-order valence-corrected chi connectivity index (χ4v) is 1.47. The van der Waals surface area contributed by atoms with E-state index in [1.807, 2.05) is 0 Å². The highest BCUT2D eigenvalue weighted by atomic mass is 16.5. The van der Waals surface area contributed by atoms with Crippen molar-refractivity contribution in [1.82, 2.24) is 20.4 Å². The number of hydrogen-bond donors (Lipinski definition) is 2. The van der Waals surface area contributed by atoms with Crippen LogP contribution in [0.1, 0.15) is 16.2 Å². The number of amides is 1. The minimum atomic E-state index is -0.184. The second-order valence-corrected chi connectivity index (χ2v) is 3.50. The summed E-state index contributed by atoms with van der Waals surface area (Å²) < 4.78 is 4.60. The average molecular weight is 247 g/mol. The molecule has 2 aromatic heterocycles. The molecule has 0 fully saturated rings. The highest BCUT2D eigenvalue weighted by Crippen LogP contribution is 2.09. The first-order valence-electron chi connectivity index (χ1n) is 5.47. The van der Waals surface area contributed by atoms with Crippen molar-refractivity contribution in [3.8, 4) is 0 Å². The minimum absolute atomic E-state index is 0.184. The SMILES string of the molecule is CNc1ncccc1C(=O)NCCc1ncon1. The zero-order valence-corrected chi connectivity index (χ0v) is 9.88. The van der Waals surface area contributed by atoms with Crippen LogP contribution in [0.2, 0.25) is 0 Å². The van der Waals surface area contributed by atoms with Crippen LogP contribution in [0.25, 0.3) is 0 Å². The molecule has 0 aromatic carbocycles. The Morgan fingerprint density at radius 3 is 3.06 bits per heavy atom. The van der Waals surface area contributed by atoms with Crippen molar-refractivity contribution in [1.29, 1.82) is 0 Å². The number of aromatic nitrogens is 3. The third kappa shape index (κ3) is 2.82. The van der Waals surface area contributed by atoms with Crippen molar-refractivity contribution in [2.75, 3.05) is 18.9 Å². The van der Waals surface area contributed by atoms with Gasteiger partial charge in [0.2, 0.25) is 6.39 Å². The lowest BCUT2D eigenvalue weighted by atomic mass is 10.2. The summed E-state index contributed by atoms with van der Waals surface area (Å²) in [6.45, 7) is 0.441. The van der Waals surface area contributed by atoms with Crippen LogP contribution in [0.4, 0.5) is 5.82 Å². The van der Waals surface area contributed by atoms with Crippen LogP contribution in [-0.2, 0) is 6.42 Å². The largest absolute Gasteiger partial charge is 0.372 e. The van der Waals surface area contributed by atoms with Gasteiger partial charge in [-0.2, -0.15) is 4.98 Å². The standard InChI is InChI=1S/C11H13N5O2/c1-12-10-8(3-2-5-13-10)11(17)14-6-4-9-15-7-18-16-9/h2-3,5,7H,4,6H2,1H3,(H,12,13)(H,14,17). The highest BCUT2D eigenvalue weighted by Gasteiger charge is 2.10. The predicted molar refractivity (Wildman–Crippen MR) is 64.1 cm³/mol. The van der Waals surface area contributed by atoms with Crippen LogP contribution < -0.4 is 10.6 Å². The van der Waals surface area contributed by atoms with Gasteiger partial charge in [-0.25, -0.2) is 4.98 Å². The summed E-state index contributed by atoms with van der Waals surface area (Å²) in [5.41, 5.74) is 0.508. The number of nitrogens with one attached hydrogen (secondary N) is 2. The summed E-state index contributed by atoms with van der Waals surface area (Å²) in [5.74, 6) is 0.931. The molecule has 2 aromatic rings. The summed E-state index contributed by atoms with van der Waals surface area (Å²) in [5, 5.41) is 9.30. The Morgan fingerprint density at radius 1 is 1.44 bits per heavy atom. The Balaban J connectivity index is 1.91. The maximum atomic E-state index is 11.9. The normalized spacial score (nSPS) is 10.1. The van der Waals surface area contributed by atoms with E-state index in [-0.39, 0.29) is 5.91 Å². The molecule has 7 nitrogen and oxygen atoms in total. The van der Waals surface area contributed by atoms with E-state index in [2.05, 4.69) is 30.3 Å². The van der Waals surface area contributed by atoms with Crippen LogP contribution in [0.15, 0.2) is 29.2 Å². The van der Waals surface area contributed by atoms with Gasteiger partial charge in [-0.3, -0.25) is 4.79 Å². The lowest BCUT2D eigenvalue weighted by Gasteiger charge is -2.07. The zero-order chi connectivity index (χ0) is 12.8. The van der Waals surface area contributed by atoms with Gasteiger partial charge < -0.3 is 15.2 Å². The Bertz CT molecular complexity index is 512. The Hall–Kier alpha value is -2.44. The first-order valence-corrected chi connectivity index (χ1v) is 5.47. The van der Waals surface area contributed by atoms with Crippen molar-refractivity contribution in [3.05, 3.63) is 36.1 Å². The van der Waals surface area contributed by atoms with Crippen LogP contribution in [-0.4, -0.2) is 34.6 Å². The van der Waals surface area contributed by atoms with Gasteiger partial charge in [0, 0.05) is 26.2 Å². The quantitative estimate of drug-likeness (QED) is 0.798. The number of carbonyl (C=O) groups excluding carboxylic acids is 1. The molecule has 7 heteroatoms. The van der Waals surface area contributed by atoms with Gasteiger partial charge >= 0.3 is 0 Å². The molecule has 0 saturated carbocycles. The Morgan fingerprint density at radius 2 is 2.33 bits per heavy atom. The van der Waals surface area contributed by atoms with Gasteiger partial charge in [-0.1, -0.05) is 5.16 Å². The lowest BCUT2D eigenvalue weighted by molar-refractivity contribution is 0.0954. The molecule has 0 atom stereocenters. The second kappa shape index (κ2) is 5.76. The summed E-state index contributed by atoms with van der Waals surface area (Å²) in [4.78, 5) is 19.8. The Labute approximate surface area is 104 Å². The first-order chi connectivity index (χ1) is 8.81. The molecular formula is C11H13N5O2. The average Bonchev–Trinajstić information content (AvgIpc) is 2.91. The van der Waals surface area contributed by atoms with Gasteiger partial charge in [0.15, 0.2) is 5.82 Å². The Kier molecular flexibility index (Phi) is 3.85. The number of pyridine rings is 1. The molecular weight excluding hydrogens is 234 g/mol. The molecule has 0 saturated heterocycles.